The fourth-order valence-corrected chi connectivity index (χ4v) is 2.08. The number of carbonyl (C=O) groups is 1. The molecule has 1 rings (SSSR count). The minimum absolute atomic E-state index is 0.0149. The van der Waals surface area contributed by atoms with E-state index >= 15 is 0 Å². The first-order valence-electron chi connectivity index (χ1n) is 7.10. The molecule has 0 unspecified atom stereocenters. The van der Waals surface area contributed by atoms with Crippen molar-refractivity contribution in [3.8, 4) is 0 Å². The molecule has 0 saturated carbocycles. The summed E-state index contributed by atoms with van der Waals surface area (Å²) in [5.74, 6) is 0.0149. The molecule has 0 bridgehead atoms. The van der Waals surface area contributed by atoms with Crippen LogP contribution in [-0.2, 0) is 6.42 Å². The minimum Gasteiger partial charge on any atom is -0.324 e. The summed E-state index contributed by atoms with van der Waals surface area (Å²) in [4.78, 5) is 11.4. The lowest BCUT2D eigenvalue weighted by atomic mass is 10.0. The molecule has 0 amide bonds. The third-order valence-corrected chi connectivity index (χ3v) is 3.28. The molecule has 1 aromatic rings. The molecule has 2 heteroatoms. The molecule has 0 aliphatic heterocycles. The van der Waals surface area contributed by atoms with Crippen LogP contribution < -0.4 is 5.73 Å². The van der Waals surface area contributed by atoms with E-state index in [1.807, 2.05) is 12.1 Å². The summed E-state index contributed by atoms with van der Waals surface area (Å²) in [6, 6.07) is 7.88. The van der Waals surface area contributed by atoms with Crippen molar-refractivity contribution in [1.29, 1.82) is 0 Å². The van der Waals surface area contributed by atoms with Gasteiger partial charge in [0.25, 0.3) is 0 Å². The second-order valence-electron chi connectivity index (χ2n) is 4.84. The van der Waals surface area contributed by atoms with E-state index in [-0.39, 0.29) is 12.3 Å². The predicted molar refractivity (Wildman–Crippen MR) is 76.9 cm³/mol. The van der Waals surface area contributed by atoms with Crippen LogP contribution in [0.3, 0.4) is 0 Å². The quantitative estimate of drug-likeness (QED) is 0.533. The summed E-state index contributed by atoms with van der Waals surface area (Å²) in [5, 5.41) is 0. The summed E-state index contributed by atoms with van der Waals surface area (Å²) in [5.41, 5.74) is 7.38. The number of unbranched alkanes of at least 4 members (excludes halogenated alkanes) is 5. The van der Waals surface area contributed by atoms with Crippen molar-refractivity contribution in [1.82, 2.24) is 0 Å². The van der Waals surface area contributed by atoms with E-state index in [0.29, 0.717) is 0 Å². The Morgan fingerprint density at radius 3 is 2.22 bits per heavy atom. The molecular formula is C16H25NO. The number of rotatable bonds is 9. The Bertz CT molecular complexity index is 343. The second kappa shape index (κ2) is 8.87. The Balaban J connectivity index is 2.25. The van der Waals surface area contributed by atoms with Gasteiger partial charge in [-0.1, -0.05) is 63.3 Å². The maximum atomic E-state index is 11.4. The van der Waals surface area contributed by atoms with Crippen LogP contribution in [0, 0.1) is 0 Å². The first-order chi connectivity index (χ1) is 8.77. The number of ketones is 1. The standard InChI is InChI=1S/C16H25NO/c1-2-3-4-5-6-7-8-14-9-11-15(12-10-14)16(18)13-17/h9-12H,2-8,13,17H2,1H3. The summed E-state index contributed by atoms with van der Waals surface area (Å²) in [6.07, 6.45) is 9.03. The van der Waals surface area contributed by atoms with Gasteiger partial charge in [-0.2, -0.15) is 0 Å². The third kappa shape index (κ3) is 5.46. The SMILES string of the molecule is CCCCCCCCc1ccc(C(=O)CN)cc1. The van der Waals surface area contributed by atoms with Gasteiger partial charge >= 0.3 is 0 Å². The van der Waals surface area contributed by atoms with Crippen molar-refractivity contribution in [2.45, 2.75) is 51.9 Å². The Morgan fingerprint density at radius 1 is 1.00 bits per heavy atom. The van der Waals surface area contributed by atoms with E-state index in [0.717, 1.165) is 12.0 Å². The van der Waals surface area contributed by atoms with Gasteiger partial charge < -0.3 is 5.73 Å². The predicted octanol–water partition coefficient (Wildman–Crippen LogP) is 3.73. The van der Waals surface area contributed by atoms with Gasteiger partial charge in [-0.15, -0.1) is 0 Å². The topological polar surface area (TPSA) is 43.1 Å². The lowest BCUT2D eigenvalue weighted by Gasteiger charge is -2.03. The lowest BCUT2D eigenvalue weighted by Crippen LogP contribution is -2.13. The van der Waals surface area contributed by atoms with Crippen molar-refractivity contribution in [2.75, 3.05) is 6.54 Å². The zero-order valence-electron chi connectivity index (χ0n) is 11.5. The van der Waals surface area contributed by atoms with Crippen molar-refractivity contribution in [3.05, 3.63) is 35.4 Å². The van der Waals surface area contributed by atoms with Crippen molar-refractivity contribution in [3.63, 3.8) is 0 Å². The van der Waals surface area contributed by atoms with E-state index in [9.17, 15) is 4.79 Å². The molecule has 0 radical (unpaired) electrons. The molecule has 2 nitrogen and oxygen atoms in total. The van der Waals surface area contributed by atoms with E-state index in [1.165, 1.54) is 44.1 Å². The maximum Gasteiger partial charge on any atom is 0.176 e. The molecule has 0 saturated heterocycles. The molecule has 0 spiro atoms. The lowest BCUT2D eigenvalue weighted by molar-refractivity contribution is 0.100. The van der Waals surface area contributed by atoms with Gasteiger partial charge in [0.2, 0.25) is 0 Å². The van der Waals surface area contributed by atoms with Gasteiger partial charge in [-0.3, -0.25) is 4.79 Å². The highest BCUT2D eigenvalue weighted by atomic mass is 16.1. The first kappa shape index (κ1) is 14.9. The van der Waals surface area contributed by atoms with E-state index in [4.69, 9.17) is 5.73 Å². The van der Waals surface area contributed by atoms with Crippen LogP contribution >= 0.6 is 0 Å². The highest BCUT2D eigenvalue weighted by molar-refractivity contribution is 5.97. The van der Waals surface area contributed by atoms with Gasteiger partial charge in [0.15, 0.2) is 5.78 Å². The van der Waals surface area contributed by atoms with E-state index in [1.54, 1.807) is 0 Å². The summed E-state index contributed by atoms with van der Waals surface area (Å²) in [6.45, 7) is 2.33. The Labute approximate surface area is 111 Å². The average Bonchev–Trinajstić information content (AvgIpc) is 2.42. The van der Waals surface area contributed by atoms with E-state index in [2.05, 4.69) is 19.1 Å². The number of Topliss-reactive ketones (excluding diaryl/α,β-unsaturated/α-hetero) is 1. The molecule has 0 aliphatic rings. The molecule has 18 heavy (non-hydrogen) atoms. The van der Waals surface area contributed by atoms with Crippen LogP contribution in [0.1, 0.15) is 61.4 Å². The normalized spacial score (nSPS) is 10.6. The van der Waals surface area contributed by atoms with Crippen molar-refractivity contribution in [2.24, 2.45) is 5.73 Å². The highest BCUT2D eigenvalue weighted by Gasteiger charge is 2.02. The summed E-state index contributed by atoms with van der Waals surface area (Å²) < 4.78 is 0. The first-order valence-corrected chi connectivity index (χ1v) is 7.10. The van der Waals surface area contributed by atoms with Gasteiger partial charge in [0.05, 0.1) is 6.54 Å². The molecule has 100 valence electrons. The zero-order valence-corrected chi connectivity index (χ0v) is 11.5. The number of hydrogen-bond donors (Lipinski definition) is 1. The zero-order chi connectivity index (χ0) is 13.2. The molecule has 0 fully saturated rings. The molecule has 2 N–H and O–H groups in total. The van der Waals surface area contributed by atoms with Crippen molar-refractivity contribution < 1.29 is 4.79 Å². The third-order valence-electron chi connectivity index (χ3n) is 3.28. The Hall–Kier alpha value is -1.15. The van der Waals surface area contributed by atoms with Crippen molar-refractivity contribution >= 4 is 5.78 Å². The second-order valence-corrected chi connectivity index (χ2v) is 4.84. The van der Waals surface area contributed by atoms with Crippen LogP contribution in [0.5, 0.6) is 0 Å². The summed E-state index contributed by atoms with van der Waals surface area (Å²) >= 11 is 0. The monoisotopic (exact) mass is 247 g/mol. The Kier molecular flexibility index (Phi) is 7.35. The van der Waals surface area contributed by atoms with Crippen LogP contribution in [-0.4, -0.2) is 12.3 Å². The molecule has 1 aromatic carbocycles. The van der Waals surface area contributed by atoms with Crippen LogP contribution in [0.2, 0.25) is 0 Å². The van der Waals surface area contributed by atoms with Gasteiger partial charge in [0, 0.05) is 5.56 Å². The maximum absolute atomic E-state index is 11.4. The number of benzene rings is 1. The molecular weight excluding hydrogens is 222 g/mol. The molecule has 0 aromatic heterocycles. The average molecular weight is 247 g/mol. The molecule has 0 heterocycles. The van der Waals surface area contributed by atoms with Gasteiger partial charge in [0.1, 0.15) is 0 Å². The van der Waals surface area contributed by atoms with Crippen LogP contribution in [0.4, 0.5) is 0 Å². The van der Waals surface area contributed by atoms with Crippen LogP contribution in [0.15, 0.2) is 24.3 Å². The smallest absolute Gasteiger partial charge is 0.176 e. The van der Waals surface area contributed by atoms with Crippen LogP contribution in [0.25, 0.3) is 0 Å². The van der Waals surface area contributed by atoms with E-state index < -0.39 is 0 Å². The Morgan fingerprint density at radius 2 is 1.61 bits per heavy atom. The number of hydrogen-bond acceptors (Lipinski definition) is 2. The van der Waals surface area contributed by atoms with Gasteiger partial charge in [-0.05, 0) is 18.4 Å². The number of nitrogens with two attached hydrogens (primary N) is 1. The number of carbonyl (C=O) groups excluding carboxylic acids is 1. The summed E-state index contributed by atoms with van der Waals surface area (Å²) in [7, 11) is 0. The molecule has 0 aliphatic carbocycles. The van der Waals surface area contributed by atoms with Gasteiger partial charge in [-0.25, -0.2) is 0 Å². The minimum atomic E-state index is 0.0149. The highest BCUT2D eigenvalue weighted by Crippen LogP contribution is 2.11. The molecule has 0 atom stereocenters. The largest absolute Gasteiger partial charge is 0.324 e. The fraction of sp³-hybridized carbons (Fsp3) is 0.562. The number of aryl methyl sites for hydroxylation is 1. The fourth-order valence-electron chi connectivity index (χ4n) is 2.08.